The molecule has 5 heteroatoms. The van der Waals surface area contributed by atoms with Crippen molar-refractivity contribution in [2.45, 2.75) is 6.54 Å². The minimum absolute atomic E-state index is 0.0841. The second kappa shape index (κ2) is 7.24. The highest BCUT2D eigenvalue weighted by Gasteiger charge is 2.24. The number of hydrogen-bond acceptors (Lipinski definition) is 3. The van der Waals surface area contributed by atoms with Crippen LogP contribution in [-0.2, 0) is 6.54 Å². The fourth-order valence-corrected chi connectivity index (χ4v) is 2.90. The van der Waals surface area contributed by atoms with E-state index in [1.165, 1.54) is 4.90 Å². The van der Waals surface area contributed by atoms with E-state index >= 15 is 0 Å². The van der Waals surface area contributed by atoms with Crippen molar-refractivity contribution >= 4 is 5.91 Å². The molecule has 0 atom stereocenters. The summed E-state index contributed by atoms with van der Waals surface area (Å²) in [6.45, 7) is 4.37. The number of carbonyl (C=O) groups is 1. The number of amides is 1. The van der Waals surface area contributed by atoms with Gasteiger partial charge in [-0.3, -0.25) is 9.78 Å². The van der Waals surface area contributed by atoms with Crippen molar-refractivity contribution in [2.75, 3.05) is 33.3 Å². The summed E-state index contributed by atoms with van der Waals surface area (Å²) in [5, 5.41) is 0. The highest BCUT2D eigenvalue weighted by molar-refractivity contribution is 5.94. The molecular formula is C18H22N3O2+. The quantitative estimate of drug-likeness (QED) is 0.901. The second-order valence-corrected chi connectivity index (χ2v) is 5.77. The number of piperazine rings is 1. The fraction of sp³-hybridized carbons (Fsp3) is 0.333. The van der Waals surface area contributed by atoms with Crippen LogP contribution in [0.2, 0.25) is 0 Å². The van der Waals surface area contributed by atoms with E-state index in [2.05, 4.69) is 11.1 Å². The number of quaternary nitrogens is 1. The first kappa shape index (κ1) is 15.5. The summed E-state index contributed by atoms with van der Waals surface area (Å²) in [7, 11) is 1.61. The van der Waals surface area contributed by atoms with Crippen LogP contribution >= 0.6 is 0 Å². The molecule has 0 bridgehead atoms. The van der Waals surface area contributed by atoms with Gasteiger partial charge >= 0.3 is 0 Å². The maximum atomic E-state index is 12.6. The monoisotopic (exact) mass is 312 g/mol. The molecule has 1 fully saturated rings. The normalized spacial score (nSPS) is 15.4. The molecule has 0 radical (unpaired) electrons. The molecule has 1 aromatic carbocycles. The lowest BCUT2D eigenvalue weighted by Gasteiger charge is -2.32. The van der Waals surface area contributed by atoms with E-state index in [-0.39, 0.29) is 5.91 Å². The number of ether oxygens (including phenoxy) is 1. The van der Waals surface area contributed by atoms with Crippen LogP contribution in [0.1, 0.15) is 16.1 Å². The molecule has 23 heavy (non-hydrogen) atoms. The first-order valence-electron chi connectivity index (χ1n) is 7.93. The van der Waals surface area contributed by atoms with Gasteiger partial charge < -0.3 is 14.5 Å². The smallest absolute Gasteiger partial charge is 0.254 e. The first-order chi connectivity index (χ1) is 11.3. The minimum Gasteiger partial charge on any atom is -0.497 e. The molecule has 1 aliphatic rings. The molecule has 120 valence electrons. The van der Waals surface area contributed by atoms with Crippen LogP contribution in [0, 0.1) is 0 Å². The van der Waals surface area contributed by atoms with Crippen LogP contribution in [0.15, 0.2) is 48.7 Å². The average molecular weight is 312 g/mol. The van der Waals surface area contributed by atoms with Crippen molar-refractivity contribution < 1.29 is 14.4 Å². The Balaban J connectivity index is 1.57. The summed E-state index contributed by atoms with van der Waals surface area (Å²) in [4.78, 5) is 20.4. The fourth-order valence-electron chi connectivity index (χ4n) is 2.90. The van der Waals surface area contributed by atoms with E-state index in [0.29, 0.717) is 5.56 Å². The molecule has 1 N–H and O–H groups in total. The second-order valence-electron chi connectivity index (χ2n) is 5.77. The Morgan fingerprint density at radius 3 is 2.74 bits per heavy atom. The van der Waals surface area contributed by atoms with Gasteiger partial charge in [0.15, 0.2) is 0 Å². The van der Waals surface area contributed by atoms with E-state index in [1.54, 1.807) is 13.2 Å². The Morgan fingerprint density at radius 2 is 2.04 bits per heavy atom. The van der Waals surface area contributed by atoms with Crippen LogP contribution in [0.3, 0.4) is 0 Å². The molecule has 0 saturated carbocycles. The van der Waals surface area contributed by atoms with Crippen LogP contribution in [0.4, 0.5) is 0 Å². The molecule has 2 aromatic rings. The molecule has 1 amide bonds. The van der Waals surface area contributed by atoms with Crippen LogP contribution in [0.5, 0.6) is 5.75 Å². The number of carbonyl (C=O) groups excluding carboxylic acids is 1. The predicted octanol–water partition coefficient (Wildman–Crippen LogP) is 0.631. The highest BCUT2D eigenvalue weighted by atomic mass is 16.5. The summed E-state index contributed by atoms with van der Waals surface area (Å²) >= 11 is 0. The van der Waals surface area contributed by atoms with Crippen molar-refractivity contribution in [2.24, 2.45) is 0 Å². The summed E-state index contributed by atoms with van der Waals surface area (Å²) in [6, 6.07) is 13.4. The third-order valence-electron chi connectivity index (χ3n) is 4.23. The van der Waals surface area contributed by atoms with Crippen LogP contribution < -0.4 is 9.64 Å². The lowest BCUT2D eigenvalue weighted by molar-refractivity contribution is -0.917. The van der Waals surface area contributed by atoms with Gasteiger partial charge in [-0.25, -0.2) is 0 Å². The third kappa shape index (κ3) is 3.87. The molecule has 5 nitrogen and oxygen atoms in total. The van der Waals surface area contributed by atoms with Gasteiger partial charge in [-0.1, -0.05) is 12.1 Å². The van der Waals surface area contributed by atoms with Gasteiger partial charge in [0.05, 0.1) is 39.0 Å². The zero-order valence-corrected chi connectivity index (χ0v) is 13.4. The predicted molar refractivity (Wildman–Crippen MR) is 87.5 cm³/mol. The number of nitrogens with zero attached hydrogens (tertiary/aromatic N) is 2. The van der Waals surface area contributed by atoms with Gasteiger partial charge in [-0.05, 0) is 30.3 Å². The van der Waals surface area contributed by atoms with E-state index in [0.717, 1.165) is 44.2 Å². The third-order valence-corrected chi connectivity index (χ3v) is 4.23. The zero-order valence-electron chi connectivity index (χ0n) is 13.4. The minimum atomic E-state index is 0.0841. The molecule has 1 saturated heterocycles. The molecule has 0 spiro atoms. The van der Waals surface area contributed by atoms with Gasteiger partial charge in [-0.2, -0.15) is 0 Å². The Kier molecular flexibility index (Phi) is 4.88. The van der Waals surface area contributed by atoms with Crippen molar-refractivity contribution in [3.05, 3.63) is 59.9 Å². The lowest BCUT2D eigenvalue weighted by atomic mass is 10.1. The Morgan fingerprint density at radius 1 is 1.22 bits per heavy atom. The van der Waals surface area contributed by atoms with Crippen LogP contribution in [-0.4, -0.2) is 49.1 Å². The van der Waals surface area contributed by atoms with Crippen molar-refractivity contribution in [3.63, 3.8) is 0 Å². The van der Waals surface area contributed by atoms with E-state index in [1.807, 2.05) is 41.4 Å². The summed E-state index contributed by atoms with van der Waals surface area (Å²) < 4.78 is 5.19. The molecule has 1 aliphatic heterocycles. The maximum Gasteiger partial charge on any atom is 0.254 e. The van der Waals surface area contributed by atoms with Crippen LogP contribution in [0.25, 0.3) is 0 Å². The van der Waals surface area contributed by atoms with Gasteiger partial charge in [0.2, 0.25) is 0 Å². The molecule has 3 rings (SSSR count). The van der Waals surface area contributed by atoms with Gasteiger partial charge in [-0.15, -0.1) is 0 Å². The Labute approximate surface area is 136 Å². The maximum absolute atomic E-state index is 12.6. The number of hydrogen-bond donors (Lipinski definition) is 1. The molecule has 0 aliphatic carbocycles. The van der Waals surface area contributed by atoms with E-state index in [4.69, 9.17) is 4.74 Å². The molecule has 2 heterocycles. The standard InChI is InChI=1S/C18H21N3O2/c1-23-17-7-4-5-15(13-17)18(22)21-11-9-20(10-12-21)14-16-6-2-3-8-19-16/h2-8,13H,9-12,14H2,1H3/p+1. The highest BCUT2D eigenvalue weighted by Crippen LogP contribution is 2.14. The summed E-state index contributed by atoms with van der Waals surface area (Å²) in [5.74, 6) is 0.802. The summed E-state index contributed by atoms with van der Waals surface area (Å²) in [6.07, 6.45) is 1.83. The number of benzene rings is 1. The molecular weight excluding hydrogens is 290 g/mol. The number of methoxy groups -OCH3 is 1. The van der Waals surface area contributed by atoms with Gasteiger partial charge in [0.1, 0.15) is 12.3 Å². The van der Waals surface area contributed by atoms with Gasteiger partial charge in [0.25, 0.3) is 5.91 Å². The number of aromatic nitrogens is 1. The first-order valence-corrected chi connectivity index (χ1v) is 7.93. The lowest BCUT2D eigenvalue weighted by Crippen LogP contribution is -3.13. The SMILES string of the molecule is COc1cccc(C(=O)N2CC[NH+](Cc3ccccn3)CC2)c1. The largest absolute Gasteiger partial charge is 0.497 e. The summed E-state index contributed by atoms with van der Waals surface area (Å²) in [5.41, 5.74) is 1.80. The van der Waals surface area contributed by atoms with Gasteiger partial charge in [0, 0.05) is 11.8 Å². The zero-order chi connectivity index (χ0) is 16.1. The molecule has 1 aromatic heterocycles. The topological polar surface area (TPSA) is 46.9 Å². The number of pyridine rings is 1. The average Bonchev–Trinajstić information content (AvgIpc) is 2.63. The van der Waals surface area contributed by atoms with E-state index < -0.39 is 0 Å². The van der Waals surface area contributed by atoms with E-state index in [9.17, 15) is 4.79 Å². The van der Waals surface area contributed by atoms with Crippen molar-refractivity contribution in [1.82, 2.24) is 9.88 Å². The Bertz CT molecular complexity index is 652. The van der Waals surface area contributed by atoms with Crippen molar-refractivity contribution in [1.29, 1.82) is 0 Å². The van der Waals surface area contributed by atoms with Crippen molar-refractivity contribution in [3.8, 4) is 5.75 Å². The number of rotatable bonds is 4. The number of nitrogens with one attached hydrogen (secondary N) is 1. The Hall–Kier alpha value is -2.40. The molecule has 0 unspecified atom stereocenters.